The zero-order valence-electron chi connectivity index (χ0n) is 10.2. The van der Waals surface area contributed by atoms with Crippen molar-refractivity contribution in [2.45, 2.75) is 45.6 Å². The van der Waals surface area contributed by atoms with Crippen LogP contribution in [0, 0.1) is 11.8 Å². The molecule has 0 aromatic carbocycles. The van der Waals surface area contributed by atoms with Crippen LogP contribution in [0.15, 0.2) is 5.16 Å². The highest BCUT2D eigenvalue weighted by Crippen LogP contribution is 2.36. The molecule has 0 bridgehead atoms. The summed E-state index contributed by atoms with van der Waals surface area (Å²) in [6.07, 6.45) is 2.84. The summed E-state index contributed by atoms with van der Waals surface area (Å²) in [5.41, 5.74) is 4.83. The van der Waals surface area contributed by atoms with Gasteiger partial charge in [0.1, 0.15) is 0 Å². The number of carbonyl (C=O) groups excluding carboxylic acids is 1. The first-order valence-electron chi connectivity index (χ1n) is 5.74. The number of amides is 1. The van der Waals surface area contributed by atoms with Crippen molar-refractivity contribution in [2.75, 3.05) is 0 Å². The molecule has 0 spiro atoms. The molecule has 5 heteroatoms. The maximum Gasteiger partial charge on any atom is 0.223 e. The van der Waals surface area contributed by atoms with Gasteiger partial charge in [-0.15, -0.1) is 0 Å². The van der Waals surface area contributed by atoms with Crippen molar-refractivity contribution >= 4 is 11.7 Å². The minimum atomic E-state index is -0.755. The fourth-order valence-electron chi connectivity index (χ4n) is 1.64. The van der Waals surface area contributed by atoms with E-state index in [2.05, 4.69) is 10.5 Å². The van der Waals surface area contributed by atoms with Gasteiger partial charge in [0, 0.05) is 5.92 Å². The molecular formula is C11H21N3O2. The Hall–Kier alpha value is -1.26. The summed E-state index contributed by atoms with van der Waals surface area (Å²) >= 11 is 0. The molecule has 1 aliphatic rings. The summed E-state index contributed by atoms with van der Waals surface area (Å²) in [6, 6.07) is 0. The minimum Gasteiger partial charge on any atom is -0.409 e. The van der Waals surface area contributed by atoms with Gasteiger partial charge in [0.25, 0.3) is 0 Å². The lowest BCUT2D eigenvalue weighted by Gasteiger charge is -2.29. The van der Waals surface area contributed by atoms with Crippen LogP contribution in [0.5, 0.6) is 0 Å². The summed E-state index contributed by atoms with van der Waals surface area (Å²) in [7, 11) is 0. The molecule has 1 aliphatic carbocycles. The topological polar surface area (TPSA) is 87.7 Å². The lowest BCUT2D eigenvalue weighted by molar-refractivity contribution is -0.126. The zero-order chi connectivity index (χ0) is 12.3. The summed E-state index contributed by atoms with van der Waals surface area (Å²) in [4.78, 5) is 11.9. The quantitative estimate of drug-likeness (QED) is 0.284. The maximum atomic E-state index is 11.9. The smallest absolute Gasteiger partial charge is 0.223 e. The molecule has 5 nitrogen and oxygen atoms in total. The van der Waals surface area contributed by atoms with Gasteiger partial charge in [-0.3, -0.25) is 4.79 Å². The second-order valence-corrected chi connectivity index (χ2v) is 4.79. The number of amidine groups is 1. The fourth-order valence-corrected chi connectivity index (χ4v) is 1.64. The Balaban J connectivity index is 2.65. The van der Waals surface area contributed by atoms with Gasteiger partial charge in [-0.05, 0) is 32.1 Å². The van der Waals surface area contributed by atoms with Crippen molar-refractivity contribution < 1.29 is 10.0 Å². The van der Waals surface area contributed by atoms with E-state index in [0.717, 1.165) is 12.8 Å². The fraction of sp³-hybridized carbons (Fsp3) is 0.818. The van der Waals surface area contributed by atoms with Gasteiger partial charge in [-0.25, -0.2) is 0 Å². The van der Waals surface area contributed by atoms with Crippen molar-refractivity contribution in [1.82, 2.24) is 5.32 Å². The van der Waals surface area contributed by atoms with E-state index in [1.165, 1.54) is 0 Å². The van der Waals surface area contributed by atoms with Gasteiger partial charge in [0.05, 0.1) is 5.54 Å². The average molecular weight is 227 g/mol. The summed E-state index contributed by atoms with van der Waals surface area (Å²) in [5, 5.41) is 14.5. The van der Waals surface area contributed by atoms with Gasteiger partial charge < -0.3 is 16.3 Å². The molecule has 4 N–H and O–H groups in total. The maximum absolute atomic E-state index is 11.9. The number of oxime groups is 1. The number of nitrogens with zero attached hydrogens (tertiary/aromatic N) is 1. The first-order chi connectivity index (χ1) is 7.44. The van der Waals surface area contributed by atoms with Crippen molar-refractivity contribution in [3.05, 3.63) is 0 Å². The van der Waals surface area contributed by atoms with E-state index in [1.54, 1.807) is 6.92 Å². The second-order valence-electron chi connectivity index (χ2n) is 4.79. The van der Waals surface area contributed by atoms with Crippen LogP contribution in [0.2, 0.25) is 0 Å². The highest BCUT2D eigenvalue weighted by molar-refractivity contribution is 5.94. The first-order valence-corrected chi connectivity index (χ1v) is 5.74. The summed E-state index contributed by atoms with van der Waals surface area (Å²) < 4.78 is 0. The number of carbonyl (C=O) groups is 1. The number of hydrogen-bond acceptors (Lipinski definition) is 3. The van der Waals surface area contributed by atoms with E-state index in [9.17, 15) is 4.79 Å². The second kappa shape index (κ2) is 4.72. The van der Waals surface area contributed by atoms with Crippen molar-refractivity contribution in [3.8, 4) is 0 Å². The van der Waals surface area contributed by atoms with E-state index in [-0.39, 0.29) is 17.7 Å². The molecule has 0 heterocycles. The first kappa shape index (κ1) is 12.8. The molecule has 92 valence electrons. The predicted octanol–water partition coefficient (Wildman–Crippen LogP) is 1.06. The van der Waals surface area contributed by atoms with Crippen LogP contribution < -0.4 is 11.1 Å². The summed E-state index contributed by atoms with van der Waals surface area (Å²) in [6.45, 7) is 5.58. The number of nitrogens with one attached hydrogen (secondary N) is 1. The predicted molar refractivity (Wildman–Crippen MR) is 62.1 cm³/mol. The molecule has 2 unspecified atom stereocenters. The Kier molecular flexibility index (Phi) is 3.78. The van der Waals surface area contributed by atoms with Crippen LogP contribution in [-0.4, -0.2) is 22.5 Å². The molecule has 1 amide bonds. The largest absolute Gasteiger partial charge is 0.409 e. The molecule has 0 radical (unpaired) electrons. The number of hydrogen-bond donors (Lipinski definition) is 3. The SMILES string of the molecule is CCC(C)(NC(=O)C(C)C1CC1)C(N)=NO. The van der Waals surface area contributed by atoms with Crippen LogP contribution in [0.3, 0.4) is 0 Å². The Morgan fingerprint density at radius 1 is 1.69 bits per heavy atom. The third kappa shape index (κ3) is 2.65. The molecule has 0 aliphatic heterocycles. The Morgan fingerprint density at radius 2 is 2.25 bits per heavy atom. The van der Waals surface area contributed by atoms with Gasteiger partial charge in [-0.1, -0.05) is 19.0 Å². The lowest BCUT2D eigenvalue weighted by atomic mass is 9.95. The van der Waals surface area contributed by atoms with Crippen LogP contribution in [0.25, 0.3) is 0 Å². The lowest BCUT2D eigenvalue weighted by Crippen LogP contribution is -2.56. The van der Waals surface area contributed by atoms with Gasteiger partial charge in [0.15, 0.2) is 5.84 Å². The van der Waals surface area contributed by atoms with E-state index in [4.69, 9.17) is 10.9 Å². The number of nitrogens with two attached hydrogens (primary N) is 1. The van der Waals surface area contributed by atoms with Gasteiger partial charge in [-0.2, -0.15) is 0 Å². The molecule has 2 atom stereocenters. The normalized spacial score (nSPS) is 22.3. The van der Waals surface area contributed by atoms with Gasteiger partial charge >= 0.3 is 0 Å². The monoisotopic (exact) mass is 227 g/mol. The van der Waals surface area contributed by atoms with Crippen molar-refractivity contribution in [1.29, 1.82) is 0 Å². The molecule has 1 rings (SSSR count). The van der Waals surface area contributed by atoms with Crippen LogP contribution in [-0.2, 0) is 4.79 Å². The molecule has 1 fully saturated rings. The standard InChI is InChI=1S/C11H21N3O2/c1-4-11(3,10(12)14-16)13-9(15)7(2)8-5-6-8/h7-8,16H,4-6H2,1-3H3,(H2,12,14)(H,13,15). The zero-order valence-corrected chi connectivity index (χ0v) is 10.2. The van der Waals surface area contributed by atoms with E-state index in [0.29, 0.717) is 12.3 Å². The molecule has 0 aromatic rings. The van der Waals surface area contributed by atoms with Gasteiger partial charge in [0.2, 0.25) is 5.91 Å². The average Bonchev–Trinajstić information content (AvgIpc) is 3.10. The van der Waals surface area contributed by atoms with Crippen molar-refractivity contribution in [2.24, 2.45) is 22.7 Å². The van der Waals surface area contributed by atoms with E-state index in [1.807, 2.05) is 13.8 Å². The van der Waals surface area contributed by atoms with Crippen LogP contribution in [0.1, 0.15) is 40.0 Å². The third-order valence-corrected chi connectivity index (χ3v) is 3.52. The van der Waals surface area contributed by atoms with Crippen molar-refractivity contribution in [3.63, 3.8) is 0 Å². The molecular weight excluding hydrogens is 206 g/mol. The Labute approximate surface area is 96.1 Å². The third-order valence-electron chi connectivity index (χ3n) is 3.52. The Morgan fingerprint density at radius 3 is 2.62 bits per heavy atom. The highest BCUT2D eigenvalue weighted by atomic mass is 16.4. The Bertz CT molecular complexity index is 300. The molecule has 16 heavy (non-hydrogen) atoms. The highest BCUT2D eigenvalue weighted by Gasteiger charge is 2.36. The molecule has 0 aromatic heterocycles. The van der Waals surface area contributed by atoms with Crippen LogP contribution >= 0.6 is 0 Å². The van der Waals surface area contributed by atoms with Crippen LogP contribution in [0.4, 0.5) is 0 Å². The van der Waals surface area contributed by atoms with E-state index < -0.39 is 5.54 Å². The summed E-state index contributed by atoms with van der Waals surface area (Å²) in [5.74, 6) is 0.551. The molecule has 1 saturated carbocycles. The minimum absolute atomic E-state index is 0.0115. The number of rotatable bonds is 5. The van der Waals surface area contributed by atoms with E-state index >= 15 is 0 Å². The molecule has 0 saturated heterocycles.